The van der Waals surface area contributed by atoms with Crippen LogP contribution in [0.1, 0.15) is 65.7 Å². The van der Waals surface area contributed by atoms with Crippen LogP contribution in [0, 0.1) is 23.2 Å². The molecule has 1 aliphatic rings. The number of benzene rings is 1. The molecule has 0 amide bonds. The van der Waals surface area contributed by atoms with Crippen LogP contribution in [-0.2, 0) is 19.6 Å². The maximum absolute atomic E-state index is 14.6. The Labute approximate surface area is 215 Å². The minimum atomic E-state index is -4.67. The van der Waals surface area contributed by atoms with Gasteiger partial charge < -0.3 is 9.47 Å². The first-order valence-corrected chi connectivity index (χ1v) is 12.4. The van der Waals surface area contributed by atoms with E-state index in [0.717, 1.165) is 18.8 Å². The monoisotopic (exact) mass is 508 g/mol. The van der Waals surface area contributed by atoms with Crippen LogP contribution >= 0.6 is 0 Å². The van der Waals surface area contributed by atoms with E-state index in [1.165, 1.54) is 18.3 Å². The van der Waals surface area contributed by atoms with Gasteiger partial charge in [-0.15, -0.1) is 0 Å². The second kappa shape index (κ2) is 10.0. The number of allylic oxidation sites excluding steroid dienone is 1. The molecule has 0 spiro atoms. The number of rotatable bonds is 6. The van der Waals surface area contributed by atoms with E-state index in [1.54, 1.807) is 29.9 Å². The Balaban J connectivity index is 1.77. The van der Waals surface area contributed by atoms with E-state index < -0.39 is 23.9 Å². The molecule has 37 heavy (non-hydrogen) atoms. The lowest BCUT2D eigenvalue weighted by atomic mass is 9.80. The van der Waals surface area contributed by atoms with Gasteiger partial charge in [0.15, 0.2) is 5.78 Å². The highest BCUT2D eigenvalue weighted by Gasteiger charge is 2.40. The van der Waals surface area contributed by atoms with E-state index in [9.17, 15) is 18.0 Å². The molecule has 1 saturated heterocycles. The molecule has 1 fully saturated rings. The SMILES string of the molecule is C=C(C(C)C)N1CC[C@@H](c2cn(C)c3ncc(CC(=O)c4cccc(C#N)c4)c(C(F)(F)F)c23)[C@@H](C)C1. The number of aromatic nitrogens is 2. The third-order valence-electron chi connectivity index (χ3n) is 7.42. The highest BCUT2D eigenvalue weighted by Crippen LogP contribution is 2.44. The van der Waals surface area contributed by atoms with Gasteiger partial charge in [-0.25, -0.2) is 4.98 Å². The molecule has 0 saturated carbocycles. The summed E-state index contributed by atoms with van der Waals surface area (Å²) < 4.78 is 45.6. The van der Waals surface area contributed by atoms with E-state index in [-0.39, 0.29) is 39.6 Å². The Morgan fingerprint density at radius 2 is 2.05 bits per heavy atom. The number of pyridine rings is 1. The molecular formula is C29H31F3N4O. The molecular weight excluding hydrogens is 477 g/mol. The fourth-order valence-corrected chi connectivity index (χ4v) is 5.43. The quantitative estimate of drug-likeness (QED) is 0.358. The number of Topliss-reactive ketones (excluding diaryl/α,β-unsaturated/α-hetero) is 1. The van der Waals surface area contributed by atoms with Crippen LogP contribution in [0.15, 0.2) is 48.9 Å². The van der Waals surface area contributed by atoms with Gasteiger partial charge in [0.25, 0.3) is 0 Å². The van der Waals surface area contributed by atoms with Crippen molar-refractivity contribution in [1.29, 1.82) is 5.26 Å². The number of nitriles is 1. The smallest absolute Gasteiger partial charge is 0.375 e. The first-order chi connectivity index (χ1) is 17.4. The highest BCUT2D eigenvalue weighted by molar-refractivity contribution is 5.99. The first-order valence-electron chi connectivity index (χ1n) is 12.4. The molecule has 5 nitrogen and oxygen atoms in total. The van der Waals surface area contributed by atoms with Crippen molar-refractivity contribution in [3.63, 3.8) is 0 Å². The molecule has 0 unspecified atom stereocenters. The standard InChI is InChI=1S/C29H31F3N4O/c1-17(2)19(4)36-10-9-23(18(3)15-36)24-16-35(5)28-26(24)27(29(30,31)32)22(14-34-28)12-25(37)21-8-6-7-20(11-21)13-33/h6-8,11,14,16-18,23H,4,9-10,12,15H2,1-3,5H3/t18-,23+/m0/s1. The first kappa shape index (κ1) is 26.5. The second-order valence-corrected chi connectivity index (χ2v) is 10.3. The van der Waals surface area contributed by atoms with Gasteiger partial charge in [-0.2, -0.15) is 18.4 Å². The molecule has 1 aliphatic heterocycles. The number of aryl methyl sites for hydroxylation is 1. The van der Waals surface area contributed by atoms with E-state index in [2.05, 4.69) is 37.2 Å². The zero-order valence-corrected chi connectivity index (χ0v) is 21.6. The number of alkyl halides is 3. The lowest BCUT2D eigenvalue weighted by Gasteiger charge is -2.40. The Morgan fingerprint density at radius 3 is 2.68 bits per heavy atom. The summed E-state index contributed by atoms with van der Waals surface area (Å²) >= 11 is 0. The number of carbonyl (C=O) groups excluding carboxylic acids is 1. The molecule has 0 aliphatic carbocycles. The number of piperidine rings is 1. The molecule has 3 heterocycles. The summed E-state index contributed by atoms with van der Waals surface area (Å²) in [6.45, 7) is 11.9. The number of ketones is 1. The summed E-state index contributed by atoms with van der Waals surface area (Å²) in [6, 6.07) is 7.96. The van der Waals surface area contributed by atoms with Crippen LogP contribution in [-0.4, -0.2) is 33.3 Å². The summed E-state index contributed by atoms with van der Waals surface area (Å²) in [4.78, 5) is 19.6. The molecule has 3 aromatic rings. The van der Waals surface area contributed by atoms with E-state index in [1.807, 2.05) is 6.07 Å². The normalized spacial score (nSPS) is 18.3. The lowest BCUT2D eigenvalue weighted by Crippen LogP contribution is -2.38. The molecule has 2 aromatic heterocycles. The van der Waals surface area contributed by atoms with Gasteiger partial charge in [-0.05, 0) is 47.4 Å². The molecule has 0 N–H and O–H groups in total. The molecule has 1 aromatic carbocycles. The average Bonchev–Trinajstić information content (AvgIpc) is 3.18. The van der Waals surface area contributed by atoms with Gasteiger partial charge in [-0.1, -0.05) is 39.5 Å². The van der Waals surface area contributed by atoms with Gasteiger partial charge in [0.05, 0.1) is 17.2 Å². The number of carbonyl (C=O) groups is 1. The van der Waals surface area contributed by atoms with Crippen molar-refractivity contribution < 1.29 is 18.0 Å². The van der Waals surface area contributed by atoms with Crippen LogP contribution in [0.5, 0.6) is 0 Å². The minimum Gasteiger partial charge on any atom is -0.375 e. The third kappa shape index (κ3) is 5.13. The number of fused-ring (bicyclic) bond motifs is 1. The number of nitrogens with zero attached hydrogens (tertiary/aromatic N) is 4. The second-order valence-electron chi connectivity index (χ2n) is 10.3. The fraction of sp³-hybridized carbons (Fsp3) is 0.414. The summed E-state index contributed by atoms with van der Waals surface area (Å²) in [7, 11) is 1.71. The Kier molecular flexibility index (Phi) is 7.18. The van der Waals surface area contributed by atoms with Crippen molar-refractivity contribution in [3.8, 4) is 6.07 Å². The number of likely N-dealkylation sites (tertiary alicyclic amines) is 1. The largest absolute Gasteiger partial charge is 0.417 e. The Morgan fingerprint density at radius 1 is 1.32 bits per heavy atom. The molecule has 8 heteroatoms. The van der Waals surface area contributed by atoms with Gasteiger partial charge in [-0.3, -0.25) is 4.79 Å². The molecule has 194 valence electrons. The van der Waals surface area contributed by atoms with E-state index in [0.29, 0.717) is 17.9 Å². The van der Waals surface area contributed by atoms with Gasteiger partial charge >= 0.3 is 6.18 Å². The zero-order valence-electron chi connectivity index (χ0n) is 21.6. The molecule has 0 bridgehead atoms. The number of hydrogen-bond donors (Lipinski definition) is 0. The van der Waals surface area contributed by atoms with Crippen molar-refractivity contribution in [1.82, 2.24) is 14.5 Å². The van der Waals surface area contributed by atoms with Crippen LogP contribution in [0.3, 0.4) is 0 Å². The van der Waals surface area contributed by atoms with Gasteiger partial charge in [0.2, 0.25) is 0 Å². The average molecular weight is 509 g/mol. The van der Waals surface area contributed by atoms with Gasteiger partial charge in [0.1, 0.15) is 5.65 Å². The molecule has 0 radical (unpaired) electrons. The van der Waals surface area contributed by atoms with Crippen LogP contribution in [0.2, 0.25) is 0 Å². The van der Waals surface area contributed by atoms with E-state index in [4.69, 9.17) is 5.26 Å². The summed E-state index contributed by atoms with van der Waals surface area (Å²) in [5.74, 6) is -0.164. The van der Waals surface area contributed by atoms with E-state index >= 15 is 0 Å². The summed E-state index contributed by atoms with van der Waals surface area (Å²) in [5, 5.41) is 9.21. The molecule has 4 rings (SSSR count). The topological polar surface area (TPSA) is 61.9 Å². The minimum absolute atomic E-state index is 0.0823. The van der Waals surface area contributed by atoms with Crippen molar-refractivity contribution >= 4 is 16.8 Å². The summed E-state index contributed by atoms with van der Waals surface area (Å²) in [6.07, 6.45) is -1.49. The highest BCUT2D eigenvalue weighted by atomic mass is 19.4. The van der Waals surface area contributed by atoms with Crippen LogP contribution in [0.25, 0.3) is 11.0 Å². The van der Waals surface area contributed by atoms with Crippen LogP contribution < -0.4 is 0 Å². The number of halogens is 3. The predicted octanol–water partition coefficient (Wildman–Crippen LogP) is 6.48. The van der Waals surface area contributed by atoms with Gasteiger partial charge in [0, 0.05) is 55.6 Å². The predicted molar refractivity (Wildman–Crippen MR) is 137 cm³/mol. The van der Waals surface area contributed by atoms with Crippen molar-refractivity contribution in [2.45, 2.75) is 45.7 Å². The maximum Gasteiger partial charge on any atom is 0.417 e. The zero-order chi connectivity index (χ0) is 27.1. The Bertz CT molecular complexity index is 1400. The van der Waals surface area contributed by atoms with Crippen molar-refractivity contribution in [2.75, 3.05) is 13.1 Å². The maximum atomic E-state index is 14.6. The molecule has 2 atom stereocenters. The summed E-state index contributed by atoms with van der Waals surface area (Å²) in [5.41, 5.74) is 1.46. The number of hydrogen-bond acceptors (Lipinski definition) is 4. The lowest BCUT2D eigenvalue weighted by molar-refractivity contribution is -0.136. The van der Waals surface area contributed by atoms with Crippen molar-refractivity contribution in [2.24, 2.45) is 18.9 Å². The van der Waals surface area contributed by atoms with Crippen LogP contribution in [0.4, 0.5) is 13.2 Å². The van der Waals surface area contributed by atoms with Crippen molar-refractivity contribution in [3.05, 3.63) is 76.8 Å². The third-order valence-corrected chi connectivity index (χ3v) is 7.42. The fourth-order valence-electron chi connectivity index (χ4n) is 5.43. The Hall–Kier alpha value is -3.60.